The number of hydrogen-bond acceptors (Lipinski definition) is 2. The van der Waals surface area contributed by atoms with Crippen LogP contribution in [0.3, 0.4) is 0 Å². The molecule has 0 bridgehead atoms. The minimum Gasteiger partial charge on any atom is -0.382 e. The Morgan fingerprint density at radius 1 is 1.40 bits per heavy atom. The van der Waals surface area contributed by atoms with Crippen LogP contribution in [-0.4, -0.2) is 19.0 Å². The molecule has 0 spiro atoms. The van der Waals surface area contributed by atoms with Crippen LogP contribution in [0.1, 0.15) is 12.5 Å². The van der Waals surface area contributed by atoms with Crippen molar-refractivity contribution in [3.63, 3.8) is 0 Å². The zero-order chi connectivity index (χ0) is 11.3. The molecule has 0 aliphatic rings. The molecule has 0 heterocycles. The number of carbonyl (C=O) groups is 1. The number of rotatable bonds is 4. The third-order valence-electron chi connectivity index (χ3n) is 1.94. The van der Waals surface area contributed by atoms with Gasteiger partial charge in [0.15, 0.2) is 0 Å². The third-order valence-corrected chi connectivity index (χ3v) is 2.63. The van der Waals surface area contributed by atoms with Crippen LogP contribution in [0.25, 0.3) is 0 Å². The summed E-state index contributed by atoms with van der Waals surface area (Å²) in [7, 11) is 0. The molecule has 1 aromatic carbocycles. The Kier molecular flexibility index (Phi) is 4.62. The van der Waals surface area contributed by atoms with Crippen molar-refractivity contribution in [2.75, 3.05) is 18.4 Å². The van der Waals surface area contributed by atoms with Gasteiger partial charge in [-0.25, -0.2) is 0 Å². The van der Waals surface area contributed by atoms with Gasteiger partial charge in [0.05, 0.1) is 0 Å². The lowest BCUT2D eigenvalue weighted by Gasteiger charge is -2.09. The zero-order valence-corrected chi connectivity index (χ0v) is 10.5. The lowest BCUT2D eigenvalue weighted by atomic mass is 10.2. The predicted octanol–water partition coefficient (Wildman–Crippen LogP) is 2.31. The fourth-order valence-corrected chi connectivity index (χ4v) is 1.60. The van der Waals surface area contributed by atoms with Gasteiger partial charge in [-0.05, 0) is 40.5 Å². The highest BCUT2D eigenvalue weighted by Crippen LogP contribution is 2.22. The maximum atomic E-state index is 10.6. The summed E-state index contributed by atoms with van der Waals surface area (Å²) in [6.45, 7) is 4.92. The van der Waals surface area contributed by atoms with Gasteiger partial charge in [-0.2, -0.15) is 0 Å². The Morgan fingerprint density at radius 3 is 2.80 bits per heavy atom. The van der Waals surface area contributed by atoms with Crippen molar-refractivity contribution < 1.29 is 4.79 Å². The molecule has 0 aliphatic heterocycles. The van der Waals surface area contributed by atoms with Crippen LogP contribution < -0.4 is 10.6 Å². The van der Waals surface area contributed by atoms with Gasteiger partial charge in [0.1, 0.15) is 0 Å². The lowest BCUT2D eigenvalue weighted by molar-refractivity contribution is -0.118. The smallest absolute Gasteiger partial charge is 0.216 e. The number of halogens is 1. The molecule has 3 nitrogen and oxygen atoms in total. The van der Waals surface area contributed by atoms with E-state index in [4.69, 9.17) is 0 Å². The Morgan fingerprint density at radius 2 is 2.13 bits per heavy atom. The Labute approximate surface area is 98.4 Å². The first-order valence-electron chi connectivity index (χ1n) is 4.84. The van der Waals surface area contributed by atoms with E-state index in [2.05, 4.69) is 32.6 Å². The largest absolute Gasteiger partial charge is 0.382 e. The fraction of sp³-hybridized carbons (Fsp3) is 0.364. The number of amides is 1. The first-order valence-corrected chi connectivity index (χ1v) is 5.63. The van der Waals surface area contributed by atoms with Gasteiger partial charge in [0, 0.05) is 30.2 Å². The summed E-state index contributed by atoms with van der Waals surface area (Å²) in [5, 5.41) is 5.98. The molecule has 4 heteroatoms. The van der Waals surface area contributed by atoms with Crippen LogP contribution in [0.5, 0.6) is 0 Å². The van der Waals surface area contributed by atoms with E-state index >= 15 is 0 Å². The van der Waals surface area contributed by atoms with Crippen LogP contribution in [-0.2, 0) is 4.79 Å². The number of aryl methyl sites for hydroxylation is 1. The summed E-state index contributed by atoms with van der Waals surface area (Å²) in [4.78, 5) is 10.6. The SMILES string of the molecule is CC(=O)NCCNc1cc(C)ccc1Br. The summed E-state index contributed by atoms with van der Waals surface area (Å²) in [5.74, 6) is 0.0000999. The monoisotopic (exact) mass is 270 g/mol. The van der Waals surface area contributed by atoms with Gasteiger partial charge in [-0.3, -0.25) is 4.79 Å². The Hall–Kier alpha value is -1.03. The van der Waals surface area contributed by atoms with Crippen LogP contribution in [0.4, 0.5) is 5.69 Å². The normalized spacial score (nSPS) is 9.80. The minimum absolute atomic E-state index is 0.0000999. The second kappa shape index (κ2) is 5.75. The highest BCUT2D eigenvalue weighted by Gasteiger charge is 1.98. The van der Waals surface area contributed by atoms with E-state index in [1.54, 1.807) is 0 Å². The summed E-state index contributed by atoms with van der Waals surface area (Å²) in [6, 6.07) is 6.12. The summed E-state index contributed by atoms with van der Waals surface area (Å²) >= 11 is 3.46. The van der Waals surface area contributed by atoms with E-state index in [-0.39, 0.29) is 5.91 Å². The average molecular weight is 271 g/mol. The Bertz CT molecular complexity index is 352. The predicted molar refractivity (Wildman–Crippen MR) is 66.1 cm³/mol. The van der Waals surface area contributed by atoms with Crippen LogP contribution in [0.15, 0.2) is 22.7 Å². The van der Waals surface area contributed by atoms with Crippen LogP contribution >= 0.6 is 15.9 Å². The van der Waals surface area contributed by atoms with Gasteiger partial charge < -0.3 is 10.6 Å². The number of carbonyl (C=O) groups excluding carboxylic acids is 1. The molecule has 1 amide bonds. The maximum absolute atomic E-state index is 10.6. The van der Waals surface area contributed by atoms with Crippen molar-refractivity contribution in [1.29, 1.82) is 0 Å². The highest BCUT2D eigenvalue weighted by molar-refractivity contribution is 9.10. The molecule has 0 radical (unpaired) electrons. The first kappa shape index (κ1) is 12.0. The van der Waals surface area contributed by atoms with Crippen molar-refractivity contribution in [2.24, 2.45) is 0 Å². The number of nitrogens with one attached hydrogen (secondary N) is 2. The second-order valence-electron chi connectivity index (χ2n) is 3.39. The summed E-state index contributed by atoms with van der Waals surface area (Å²) in [6.07, 6.45) is 0. The van der Waals surface area contributed by atoms with Crippen molar-refractivity contribution >= 4 is 27.5 Å². The molecule has 1 rings (SSSR count). The number of benzene rings is 1. The highest BCUT2D eigenvalue weighted by atomic mass is 79.9. The fourth-order valence-electron chi connectivity index (χ4n) is 1.21. The topological polar surface area (TPSA) is 41.1 Å². The van der Waals surface area contributed by atoms with Crippen molar-refractivity contribution in [2.45, 2.75) is 13.8 Å². The van der Waals surface area contributed by atoms with E-state index in [9.17, 15) is 4.79 Å². The van der Waals surface area contributed by atoms with E-state index in [1.165, 1.54) is 12.5 Å². The van der Waals surface area contributed by atoms with E-state index in [1.807, 2.05) is 19.1 Å². The molecule has 0 aliphatic carbocycles. The van der Waals surface area contributed by atoms with Crippen LogP contribution in [0, 0.1) is 6.92 Å². The number of hydrogen-bond donors (Lipinski definition) is 2. The molecule has 82 valence electrons. The summed E-state index contributed by atoms with van der Waals surface area (Å²) < 4.78 is 1.04. The van der Waals surface area contributed by atoms with Gasteiger partial charge in [-0.1, -0.05) is 6.07 Å². The van der Waals surface area contributed by atoms with E-state index in [0.29, 0.717) is 6.54 Å². The molecule has 0 saturated heterocycles. The molecule has 0 aromatic heterocycles. The third kappa shape index (κ3) is 4.34. The lowest BCUT2D eigenvalue weighted by Crippen LogP contribution is -2.26. The quantitative estimate of drug-likeness (QED) is 0.825. The molecule has 0 saturated carbocycles. The average Bonchev–Trinajstić information content (AvgIpc) is 2.17. The second-order valence-corrected chi connectivity index (χ2v) is 4.25. The zero-order valence-electron chi connectivity index (χ0n) is 8.93. The van der Waals surface area contributed by atoms with E-state index in [0.717, 1.165) is 16.7 Å². The minimum atomic E-state index is 0.0000999. The van der Waals surface area contributed by atoms with Crippen molar-refractivity contribution in [1.82, 2.24) is 5.32 Å². The molecule has 0 atom stereocenters. The molecular weight excluding hydrogens is 256 g/mol. The van der Waals surface area contributed by atoms with E-state index < -0.39 is 0 Å². The molecule has 2 N–H and O–H groups in total. The molecule has 0 unspecified atom stereocenters. The van der Waals surface area contributed by atoms with Gasteiger partial charge in [0.2, 0.25) is 5.91 Å². The Balaban J connectivity index is 2.43. The van der Waals surface area contributed by atoms with Crippen LogP contribution in [0.2, 0.25) is 0 Å². The summed E-state index contributed by atoms with van der Waals surface area (Å²) in [5.41, 5.74) is 2.26. The van der Waals surface area contributed by atoms with Gasteiger partial charge in [0.25, 0.3) is 0 Å². The molecule has 15 heavy (non-hydrogen) atoms. The first-order chi connectivity index (χ1) is 7.09. The molecule has 1 aromatic rings. The molecular formula is C11H15BrN2O. The van der Waals surface area contributed by atoms with Crippen molar-refractivity contribution in [3.8, 4) is 0 Å². The van der Waals surface area contributed by atoms with Gasteiger partial charge in [-0.15, -0.1) is 0 Å². The standard InChI is InChI=1S/C11H15BrN2O/c1-8-3-4-10(12)11(7-8)14-6-5-13-9(2)15/h3-4,7,14H,5-6H2,1-2H3,(H,13,15). The van der Waals surface area contributed by atoms with Gasteiger partial charge >= 0.3 is 0 Å². The maximum Gasteiger partial charge on any atom is 0.216 e. The number of anilines is 1. The molecule has 0 fully saturated rings. The van der Waals surface area contributed by atoms with Crippen molar-refractivity contribution in [3.05, 3.63) is 28.2 Å².